The summed E-state index contributed by atoms with van der Waals surface area (Å²) in [7, 11) is 0. The van der Waals surface area contributed by atoms with E-state index in [-0.39, 0.29) is 21.7 Å². The van der Waals surface area contributed by atoms with Crippen LogP contribution in [0.5, 0.6) is 11.5 Å². The number of hydrogen-bond donors (Lipinski definition) is 0. The number of anilines is 3. The molecule has 2 heteroatoms. The van der Waals surface area contributed by atoms with E-state index in [2.05, 4.69) is 174 Å². The monoisotopic (exact) mass is 769 g/mol. The molecule has 13 rings (SSSR count). The Labute approximate surface area is 350 Å². The third-order valence-corrected chi connectivity index (χ3v) is 17.8. The summed E-state index contributed by atoms with van der Waals surface area (Å²) >= 11 is 0. The Morgan fingerprint density at radius 3 is 2.07 bits per heavy atom. The van der Waals surface area contributed by atoms with Crippen molar-refractivity contribution in [2.45, 2.75) is 102 Å². The van der Waals surface area contributed by atoms with E-state index in [1.165, 1.54) is 105 Å². The SMILES string of the molecule is CC1(C)CCC(C)(C)c2c(N(c3ccc4c(c3)C(C)(C)c3ccccc3-4)c3cc4c(cc3-c3ccccc3)Oc3ccccc3C43C4CC5CC6CC3C64C5)cccc21. The molecule has 0 aromatic heterocycles. The van der Waals surface area contributed by atoms with Gasteiger partial charge < -0.3 is 9.64 Å². The van der Waals surface area contributed by atoms with Crippen LogP contribution in [-0.4, -0.2) is 0 Å². The minimum atomic E-state index is -0.118. The third-order valence-electron chi connectivity index (χ3n) is 17.8. The highest BCUT2D eigenvalue weighted by Crippen LogP contribution is 2.89. The molecule has 294 valence electrons. The molecule has 2 nitrogen and oxygen atoms in total. The minimum absolute atomic E-state index is 0.000697. The second kappa shape index (κ2) is 11.2. The van der Waals surface area contributed by atoms with Gasteiger partial charge in [0.2, 0.25) is 0 Å². The molecule has 6 aromatic carbocycles. The van der Waals surface area contributed by atoms with Gasteiger partial charge in [-0.3, -0.25) is 0 Å². The first-order valence-electron chi connectivity index (χ1n) is 22.6. The molecule has 0 saturated heterocycles. The van der Waals surface area contributed by atoms with E-state index in [0.717, 1.165) is 29.8 Å². The van der Waals surface area contributed by atoms with Gasteiger partial charge in [0.05, 0.1) is 11.4 Å². The molecule has 0 radical (unpaired) electrons. The molecule has 1 aliphatic heterocycles. The van der Waals surface area contributed by atoms with E-state index in [4.69, 9.17) is 4.74 Å². The summed E-state index contributed by atoms with van der Waals surface area (Å²) < 4.78 is 7.16. The lowest BCUT2D eigenvalue weighted by Crippen LogP contribution is -2.74. The van der Waals surface area contributed by atoms with Crippen LogP contribution in [0.1, 0.15) is 113 Å². The number of rotatable bonds is 4. The number of para-hydroxylation sites is 1. The molecule has 6 aliphatic carbocycles. The molecule has 2 bridgehead atoms. The van der Waals surface area contributed by atoms with Gasteiger partial charge in [-0.2, -0.15) is 0 Å². The Kier molecular flexibility index (Phi) is 6.59. The zero-order chi connectivity index (χ0) is 39.8. The Morgan fingerprint density at radius 1 is 0.525 bits per heavy atom. The molecule has 6 unspecified atom stereocenters. The highest BCUT2D eigenvalue weighted by atomic mass is 16.5. The smallest absolute Gasteiger partial charge is 0.132 e. The quantitative estimate of drug-likeness (QED) is 0.177. The molecular formula is C57H55NO. The van der Waals surface area contributed by atoms with Gasteiger partial charge in [-0.25, -0.2) is 0 Å². The van der Waals surface area contributed by atoms with Crippen LogP contribution in [0.15, 0.2) is 127 Å². The second-order valence-corrected chi connectivity index (χ2v) is 21.6. The van der Waals surface area contributed by atoms with Crippen LogP contribution in [0, 0.1) is 29.1 Å². The van der Waals surface area contributed by atoms with Crippen molar-refractivity contribution in [3.8, 4) is 33.8 Å². The van der Waals surface area contributed by atoms with E-state index < -0.39 is 0 Å². The first-order chi connectivity index (χ1) is 28.4. The average molecular weight is 770 g/mol. The Hall–Kier alpha value is -5.08. The molecule has 1 heterocycles. The van der Waals surface area contributed by atoms with Gasteiger partial charge in [-0.15, -0.1) is 0 Å². The van der Waals surface area contributed by atoms with E-state index in [9.17, 15) is 0 Å². The molecule has 6 atom stereocenters. The minimum Gasteiger partial charge on any atom is -0.457 e. The fourth-order valence-corrected chi connectivity index (χ4v) is 15.3. The Morgan fingerprint density at radius 2 is 1.24 bits per heavy atom. The zero-order valence-electron chi connectivity index (χ0n) is 35.5. The lowest BCUT2D eigenvalue weighted by molar-refractivity contribution is -0.235. The number of ether oxygens (including phenoxy) is 1. The van der Waals surface area contributed by atoms with Crippen LogP contribution >= 0.6 is 0 Å². The van der Waals surface area contributed by atoms with Gasteiger partial charge in [0.1, 0.15) is 11.5 Å². The van der Waals surface area contributed by atoms with Gasteiger partial charge in [-0.05, 0) is 154 Å². The van der Waals surface area contributed by atoms with Gasteiger partial charge >= 0.3 is 0 Å². The van der Waals surface area contributed by atoms with Crippen molar-refractivity contribution in [3.63, 3.8) is 0 Å². The Bertz CT molecular complexity index is 2790. The van der Waals surface area contributed by atoms with E-state index in [1.54, 1.807) is 0 Å². The van der Waals surface area contributed by atoms with Crippen molar-refractivity contribution in [2.75, 3.05) is 4.90 Å². The maximum atomic E-state index is 7.16. The molecule has 0 N–H and O–H groups in total. The van der Waals surface area contributed by atoms with Crippen molar-refractivity contribution in [1.82, 2.24) is 0 Å². The molecule has 4 saturated carbocycles. The fourth-order valence-electron chi connectivity index (χ4n) is 15.3. The number of benzene rings is 6. The molecule has 59 heavy (non-hydrogen) atoms. The van der Waals surface area contributed by atoms with Gasteiger partial charge in [0.25, 0.3) is 0 Å². The number of nitrogens with zero attached hydrogens (tertiary/aromatic N) is 1. The topological polar surface area (TPSA) is 12.5 Å². The van der Waals surface area contributed by atoms with Gasteiger partial charge in [-0.1, -0.05) is 133 Å². The van der Waals surface area contributed by atoms with E-state index in [0.29, 0.717) is 17.3 Å². The van der Waals surface area contributed by atoms with Gasteiger partial charge in [0, 0.05) is 33.2 Å². The average Bonchev–Trinajstić information content (AvgIpc) is 3.85. The summed E-state index contributed by atoms with van der Waals surface area (Å²) in [6.45, 7) is 14.7. The maximum Gasteiger partial charge on any atom is 0.132 e. The van der Waals surface area contributed by atoms with Crippen molar-refractivity contribution < 1.29 is 4.74 Å². The van der Waals surface area contributed by atoms with Crippen LogP contribution in [0.2, 0.25) is 0 Å². The van der Waals surface area contributed by atoms with Crippen molar-refractivity contribution in [3.05, 3.63) is 161 Å². The van der Waals surface area contributed by atoms with Crippen molar-refractivity contribution >= 4 is 17.1 Å². The highest BCUT2D eigenvalue weighted by Gasteiger charge is 2.84. The molecule has 7 aliphatic rings. The molecular weight excluding hydrogens is 715 g/mol. The first-order valence-corrected chi connectivity index (χ1v) is 22.6. The third kappa shape index (κ3) is 4.15. The predicted octanol–water partition coefficient (Wildman–Crippen LogP) is 14.9. The highest BCUT2D eigenvalue weighted by molar-refractivity contribution is 5.93. The van der Waals surface area contributed by atoms with Crippen LogP contribution in [0.25, 0.3) is 22.3 Å². The largest absolute Gasteiger partial charge is 0.457 e. The summed E-state index contributed by atoms with van der Waals surface area (Å²) in [5.74, 6) is 5.29. The summed E-state index contributed by atoms with van der Waals surface area (Å²) in [5.41, 5.74) is 18.1. The van der Waals surface area contributed by atoms with Crippen LogP contribution < -0.4 is 9.64 Å². The summed E-state index contributed by atoms with van der Waals surface area (Å²) in [6, 6.07) is 49.1. The lowest BCUT2D eigenvalue weighted by atomic mass is 9.26. The second-order valence-electron chi connectivity index (χ2n) is 21.6. The molecule has 2 spiro atoms. The lowest BCUT2D eigenvalue weighted by Gasteiger charge is -2.77. The van der Waals surface area contributed by atoms with E-state index >= 15 is 0 Å². The van der Waals surface area contributed by atoms with Crippen molar-refractivity contribution in [1.29, 1.82) is 0 Å². The van der Waals surface area contributed by atoms with Crippen molar-refractivity contribution in [2.24, 2.45) is 29.1 Å². The molecule has 0 amide bonds. The van der Waals surface area contributed by atoms with E-state index in [1.807, 2.05) is 0 Å². The van der Waals surface area contributed by atoms with Gasteiger partial charge in [0.15, 0.2) is 0 Å². The summed E-state index contributed by atoms with van der Waals surface area (Å²) in [4.78, 5) is 2.71. The first kappa shape index (κ1) is 34.8. The summed E-state index contributed by atoms with van der Waals surface area (Å²) in [6.07, 6.45) is 7.96. The summed E-state index contributed by atoms with van der Waals surface area (Å²) in [5, 5.41) is 0. The zero-order valence-corrected chi connectivity index (χ0v) is 35.5. The maximum absolute atomic E-state index is 7.16. The molecule has 4 fully saturated rings. The predicted molar refractivity (Wildman–Crippen MR) is 242 cm³/mol. The van der Waals surface area contributed by atoms with Crippen LogP contribution in [0.3, 0.4) is 0 Å². The number of hydrogen-bond acceptors (Lipinski definition) is 2. The standard InChI is InChI=1S/C57H55NO/c1-53(2)25-26-54(3,4)52-43(53)20-14-21-46(52)58(37-23-24-39-38-17-10-11-18-41(38)55(5,6)44(39)30-37)47-32-45-49(31-40(47)35-15-8-7-9-16-35)59-48-22-13-12-19-42(48)57(45)50-28-34-27-36-29-51(57)56(36,50)33-34/h7-24,30-32,34,36,50-51H,25-29,33H2,1-6H3. The number of fused-ring (bicyclic) bond motifs is 11. The van der Waals surface area contributed by atoms with Crippen LogP contribution in [-0.2, 0) is 21.7 Å². The van der Waals surface area contributed by atoms with Crippen LogP contribution in [0.4, 0.5) is 17.1 Å². The molecule has 6 aromatic rings. The fraction of sp³-hybridized carbons (Fsp3) is 0.368. The normalized spacial score (nSPS) is 29.5. The Balaban J connectivity index is 1.12.